The Balaban J connectivity index is 0.00000243. The van der Waals surface area contributed by atoms with Crippen LogP contribution in [-0.2, 0) is 6.42 Å². The third-order valence-electron chi connectivity index (χ3n) is 5.61. The molecule has 1 aromatic rings. The molecule has 5 nitrogen and oxygen atoms in total. The Kier molecular flexibility index (Phi) is 6.95. The number of methoxy groups -OCH3 is 2. The highest BCUT2D eigenvalue weighted by molar-refractivity contribution is 5.95. The summed E-state index contributed by atoms with van der Waals surface area (Å²) in [6, 6.07) is 3.70. The molecule has 0 unspecified atom stereocenters. The number of ether oxygens (including phenoxy) is 2. The van der Waals surface area contributed by atoms with Crippen molar-refractivity contribution >= 4 is 18.3 Å². The first-order chi connectivity index (χ1) is 12.1. The van der Waals surface area contributed by atoms with E-state index in [1.54, 1.807) is 20.3 Å². The SMILES string of the molecule is C=CCc1cc(C(=O)N2CCC3(CCNC3)CC2)cc(OC)c1OC.Cl. The largest absolute Gasteiger partial charge is 0.493 e. The van der Waals surface area contributed by atoms with Gasteiger partial charge in [-0.2, -0.15) is 0 Å². The van der Waals surface area contributed by atoms with Gasteiger partial charge in [0, 0.05) is 30.8 Å². The van der Waals surface area contributed by atoms with Crippen LogP contribution in [0, 0.1) is 5.41 Å². The number of nitrogens with zero attached hydrogens (tertiary/aromatic N) is 1. The van der Waals surface area contributed by atoms with Gasteiger partial charge in [0.05, 0.1) is 14.2 Å². The number of halogens is 1. The van der Waals surface area contributed by atoms with Crippen molar-refractivity contribution in [3.63, 3.8) is 0 Å². The molecule has 0 aliphatic carbocycles. The van der Waals surface area contributed by atoms with Crippen LogP contribution in [0.2, 0.25) is 0 Å². The summed E-state index contributed by atoms with van der Waals surface area (Å²) in [5, 5.41) is 3.46. The Bertz CT molecular complexity index is 647. The van der Waals surface area contributed by atoms with Crippen LogP contribution >= 0.6 is 12.4 Å². The van der Waals surface area contributed by atoms with Crippen molar-refractivity contribution in [1.82, 2.24) is 10.2 Å². The van der Waals surface area contributed by atoms with E-state index in [0.29, 0.717) is 28.9 Å². The van der Waals surface area contributed by atoms with Crippen molar-refractivity contribution in [2.24, 2.45) is 5.41 Å². The minimum absolute atomic E-state index is 0. The Hall–Kier alpha value is -1.72. The van der Waals surface area contributed by atoms with Crippen molar-refractivity contribution in [2.45, 2.75) is 25.7 Å². The standard InChI is InChI=1S/C20H28N2O3.ClH/c1-4-5-15-12-16(13-17(24-2)18(15)25-3)19(23)22-10-7-20(8-11-22)6-9-21-14-20;/h4,12-13,21H,1,5-11,14H2,2-3H3;1H. The second kappa shape index (κ2) is 8.78. The van der Waals surface area contributed by atoms with E-state index < -0.39 is 0 Å². The number of hydrogen-bond donors (Lipinski definition) is 1. The number of likely N-dealkylation sites (tertiary alicyclic amines) is 1. The molecule has 1 aromatic carbocycles. The second-order valence-electron chi connectivity index (χ2n) is 7.08. The van der Waals surface area contributed by atoms with Crippen molar-refractivity contribution in [3.8, 4) is 11.5 Å². The lowest BCUT2D eigenvalue weighted by molar-refractivity contribution is 0.0607. The number of amides is 1. The molecule has 2 fully saturated rings. The first kappa shape index (κ1) is 20.6. The molecule has 1 N–H and O–H groups in total. The highest BCUT2D eigenvalue weighted by Gasteiger charge is 2.38. The van der Waals surface area contributed by atoms with Gasteiger partial charge < -0.3 is 19.7 Å². The number of hydrogen-bond acceptors (Lipinski definition) is 4. The van der Waals surface area contributed by atoms with Crippen molar-refractivity contribution < 1.29 is 14.3 Å². The van der Waals surface area contributed by atoms with Gasteiger partial charge in [-0.25, -0.2) is 0 Å². The Morgan fingerprint density at radius 1 is 1.27 bits per heavy atom. The minimum Gasteiger partial charge on any atom is -0.493 e. The van der Waals surface area contributed by atoms with Crippen LogP contribution in [-0.4, -0.2) is 51.2 Å². The zero-order valence-electron chi connectivity index (χ0n) is 15.7. The summed E-state index contributed by atoms with van der Waals surface area (Å²) in [6.45, 7) is 7.64. The highest BCUT2D eigenvalue weighted by atomic mass is 35.5. The van der Waals surface area contributed by atoms with Crippen molar-refractivity contribution in [1.29, 1.82) is 0 Å². The van der Waals surface area contributed by atoms with Gasteiger partial charge in [-0.05, 0) is 49.8 Å². The third kappa shape index (κ3) is 3.99. The van der Waals surface area contributed by atoms with E-state index in [2.05, 4.69) is 11.9 Å². The monoisotopic (exact) mass is 380 g/mol. The average Bonchev–Trinajstić information content (AvgIpc) is 3.09. The average molecular weight is 381 g/mol. The lowest BCUT2D eigenvalue weighted by Crippen LogP contribution is -2.44. The number of nitrogens with one attached hydrogen (secondary N) is 1. The van der Waals surface area contributed by atoms with E-state index >= 15 is 0 Å². The molecule has 1 amide bonds. The Labute approximate surface area is 162 Å². The smallest absolute Gasteiger partial charge is 0.254 e. The molecule has 2 saturated heterocycles. The maximum absolute atomic E-state index is 13.0. The Morgan fingerprint density at radius 2 is 2.00 bits per heavy atom. The van der Waals surface area contributed by atoms with Gasteiger partial charge in [0.2, 0.25) is 0 Å². The molecule has 0 radical (unpaired) electrons. The fourth-order valence-electron chi connectivity index (χ4n) is 4.06. The van der Waals surface area contributed by atoms with Crippen LogP contribution in [0.25, 0.3) is 0 Å². The molecule has 0 aromatic heterocycles. The van der Waals surface area contributed by atoms with Gasteiger partial charge in [-0.3, -0.25) is 4.79 Å². The van der Waals surface area contributed by atoms with E-state index in [1.165, 1.54) is 6.42 Å². The maximum atomic E-state index is 13.0. The molecule has 26 heavy (non-hydrogen) atoms. The molecular weight excluding hydrogens is 352 g/mol. The summed E-state index contributed by atoms with van der Waals surface area (Å²) in [6.07, 6.45) is 5.84. The molecule has 0 bridgehead atoms. The predicted molar refractivity (Wildman–Crippen MR) is 106 cm³/mol. The fraction of sp³-hybridized carbons (Fsp3) is 0.550. The molecule has 144 valence electrons. The van der Waals surface area contributed by atoms with Crippen molar-refractivity contribution in [2.75, 3.05) is 40.4 Å². The van der Waals surface area contributed by atoms with E-state index in [0.717, 1.165) is 44.6 Å². The van der Waals surface area contributed by atoms with E-state index in [1.807, 2.05) is 17.0 Å². The topological polar surface area (TPSA) is 50.8 Å². The molecule has 6 heteroatoms. The summed E-state index contributed by atoms with van der Waals surface area (Å²) in [5.74, 6) is 1.35. The highest BCUT2D eigenvalue weighted by Crippen LogP contribution is 2.38. The summed E-state index contributed by atoms with van der Waals surface area (Å²) in [5.41, 5.74) is 1.99. The zero-order valence-corrected chi connectivity index (χ0v) is 16.5. The normalized spacial score (nSPS) is 18.3. The van der Waals surface area contributed by atoms with Crippen LogP contribution in [0.15, 0.2) is 24.8 Å². The van der Waals surface area contributed by atoms with Crippen LogP contribution in [0.1, 0.15) is 35.2 Å². The second-order valence-corrected chi connectivity index (χ2v) is 7.08. The zero-order chi connectivity index (χ0) is 17.9. The van der Waals surface area contributed by atoms with Gasteiger partial charge in [0.15, 0.2) is 11.5 Å². The third-order valence-corrected chi connectivity index (χ3v) is 5.61. The van der Waals surface area contributed by atoms with Gasteiger partial charge in [0.25, 0.3) is 5.91 Å². The molecule has 0 saturated carbocycles. The molecule has 2 aliphatic rings. The fourth-order valence-corrected chi connectivity index (χ4v) is 4.06. The maximum Gasteiger partial charge on any atom is 0.254 e. The molecular formula is C20H29ClN2O3. The number of carbonyl (C=O) groups excluding carboxylic acids is 1. The summed E-state index contributed by atoms with van der Waals surface area (Å²) < 4.78 is 10.9. The summed E-state index contributed by atoms with van der Waals surface area (Å²) in [4.78, 5) is 15.0. The van der Waals surface area contributed by atoms with Crippen LogP contribution < -0.4 is 14.8 Å². The van der Waals surface area contributed by atoms with Gasteiger partial charge in [-0.15, -0.1) is 19.0 Å². The summed E-state index contributed by atoms with van der Waals surface area (Å²) >= 11 is 0. The first-order valence-electron chi connectivity index (χ1n) is 8.98. The molecule has 1 spiro atoms. The molecule has 2 aliphatic heterocycles. The number of piperidine rings is 1. The predicted octanol–water partition coefficient (Wildman–Crippen LogP) is 3.07. The van der Waals surface area contributed by atoms with Crippen LogP contribution in [0.4, 0.5) is 0 Å². The summed E-state index contributed by atoms with van der Waals surface area (Å²) in [7, 11) is 3.22. The number of allylic oxidation sites excluding steroid dienone is 1. The number of carbonyl (C=O) groups is 1. The van der Waals surface area contributed by atoms with E-state index in [9.17, 15) is 4.79 Å². The molecule has 3 rings (SSSR count). The van der Waals surface area contributed by atoms with E-state index in [-0.39, 0.29) is 18.3 Å². The quantitative estimate of drug-likeness (QED) is 0.797. The van der Waals surface area contributed by atoms with Crippen molar-refractivity contribution in [3.05, 3.63) is 35.9 Å². The minimum atomic E-state index is 0. The lowest BCUT2D eigenvalue weighted by Gasteiger charge is -2.39. The molecule has 0 atom stereocenters. The molecule has 2 heterocycles. The van der Waals surface area contributed by atoms with Crippen LogP contribution in [0.3, 0.4) is 0 Å². The number of benzene rings is 1. The van der Waals surface area contributed by atoms with Gasteiger partial charge in [0.1, 0.15) is 0 Å². The van der Waals surface area contributed by atoms with Gasteiger partial charge >= 0.3 is 0 Å². The van der Waals surface area contributed by atoms with Crippen LogP contribution in [0.5, 0.6) is 11.5 Å². The van der Waals surface area contributed by atoms with Gasteiger partial charge in [-0.1, -0.05) is 6.08 Å². The first-order valence-corrected chi connectivity index (χ1v) is 8.98. The lowest BCUT2D eigenvalue weighted by atomic mass is 9.78. The Morgan fingerprint density at radius 3 is 2.54 bits per heavy atom. The number of rotatable bonds is 5. The van der Waals surface area contributed by atoms with E-state index in [4.69, 9.17) is 9.47 Å².